The minimum Gasteiger partial charge on any atom is -0.483 e. The van der Waals surface area contributed by atoms with Crippen molar-refractivity contribution in [2.75, 3.05) is 33.4 Å². The molecular formula is C19H30N6O4. The molecule has 1 fully saturated rings. The second-order valence-corrected chi connectivity index (χ2v) is 7.01. The van der Waals surface area contributed by atoms with Crippen molar-refractivity contribution >= 4 is 12.4 Å². The van der Waals surface area contributed by atoms with E-state index in [0.717, 1.165) is 32.5 Å². The van der Waals surface area contributed by atoms with Gasteiger partial charge in [0.1, 0.15) is 5.54 Å². The summed E-state index contributed by atoms with van der Waals surface area (Å²) in [5.74, 6) is 0.0461. The number of carbonyl (C=O) groups is 2. The van der Waals surface area contributed by atoms with E-state index in [1.165, 1.54) is 11.3 Å². The standard InChI is InChI=1S/C18H28N6O2.CH2O2/c1-15-16(12-21-22(15)2)13-23-8-4-18(5-9-23,24-10-6-19-14-24)17(25)20-7-11-26-3;2-1-3/h6,10,12,14H,4-5,7-9,11,13H2,1-3H3,(H,20,25);1H,(H,2,3). The van der Waals surface area contributed by atoms with E-state index in [1.807, 2.05) is 28.7 Å². The lowest BCUT2D eigenvalue weighted by molar-refractivity contribution is -0.133. The van der Waals surface area contributed by atoms with Gasteiger partial charge in [0, 0.05) is 64.0 Å². The highest BCUT2D eigenvalue weighted by atomic mass is 16.5. The summed E-state index contributed by atoms with van der Waals surface area (Å²) in [5, 5.41) is 14.2. The Kier molecular flexibility index (Phi) is 8.34. The largest absolute Gasteiger partial charge is 0.483 e. The Balaban J connectivity index is 0.000000941. The molecule has 1 aliphatic rings. The number of carboxylic acid groups (broad SMARTS) is 1. The molecule has 10 nitrogen and oxygen atoms in total. The van der Waals surface area contributed by atoms with E-state index < -0.39 is 5.54 Å². The van der Waals surface area contributed by atoms with Crippen LogP contribution in [-0.2, 0) is 33.5 Å². The van der Waals surface area contributed by atoms with Crippen LogP contribution in [-0.4, -0.2) is 75.1 Å². The van der Waals surface area contributed by atoms with Gasteiger partial charge in [0.15, 0.2) is 0 Å². The third-order valence-electron chi connectivity index (χ3n) is 5.43. The third-order valence-corrected chi connectivity index (χ3v) is 5.43. The zero-order chi connectivity index (χ0) is 21.3. The van der Waals surface area contributed by atoms with Crippen LogP contribution >= 0.6 is 0 Å². The van der Waals surface area contributed by atoms with E-state index in [4.69, 9.17) is 14.6 Å². The summed E-state index contributed by atoms with van der Waals surface area (Å²) in [6.45, 7) is 5.44. The van der Waals surface area contributed by atoms with Crippen LogP contribution in [0.1, 0.15) is 24.1 Å². The van der Waals surface area contributed by atoms with Crippen molar-refractivity contribution in [3.8, 4) is 0 Å². The van der Waals surface area contributed by atoms with Crippen LogP contribution in [0, 0.1) is 6.92 Å². The monoisotopic (exact) mass is 406 g/mol. The summed E-state index contributed by atoms with van der Waals surface area (Å²) in [6.07, 6.45) is 8.80. The van der Waals surface area contributed by atoms with Crippen LogP contribution in [0.25, 0.3) is 0 Å². The second kappa shape index (κ2) is 10.7. The Morgan fingerprint density at radius 2 is 2.10 bits per heavy atom. The van der Waals surface area contributed by atoms with Crippen molar-refractivity contribution in [2.24, 2.45) is 7.05 Å². The van der Waals surface area contributed by atoms with Crippen LogP contribution in [0.15, 0.2) is 24.9 Å². The average Bonchev–Trinajstić information content (AvgIpc) is 3.36. The zero-order valence-electron chi connectivity index (χ0n) is 17.2. The lowest BCUT2D eigenvalue weighted by Crippen LogP contribution is -2.55. The van der Waals surface area contributed by atoms with Gasteiger partial charge in [-0.15, -0.1) is 0 Å². The molecule has 3 rings (SSSR count). The topological polar surface area (TPSA) is 115 Å². The van der Waals surface area contributed by atoms with Crippen molar-refractivity contribution in [3.05, 3.63) is 36.2 Å². The molecule has 3 heterocycles. The summed E-state index contributed by atoms with van der Waals surface area (Å²) in [4.78, 5) is 27.9. The van der Waals surface area contributed by atoms with Crippen molar-refractivity contribution in [3.63, 3.8) is 0 Å². The Labute approximate surface area is 170 Å². The number of piperidine rings is 1. The lowest BCUT2D eigenvalue weighted by atomic mass is 9.85. The number of hydrogen-bond acceptors (Lipinski definition) is 6. The highest BCUT2D eigenvalue weighted by Gasteiger charge is 2.42. The van der Waals surface area contributed by atoms with Crippen LogP contribution in [0.3, 0.4) is 0 Å². The summed E-state index contributed by atoms with van der Waals surface area (Å²) >= 11 is 0. The number of nitrogens with zero attached hydrogens (tertiary/aromatic N) is 5. The van der Waals surface area contributed by atoms with Gasteiger partial charge < -0.3 is 19.7 Å². The number of aromatic nitrogens is 4. The van der Waals surface area contributed by atoms with Gasteiger partial charge >= 0.3 is 0 Å². The molecule has 0 aromatic carbocycles. The minimum absolute atomic E-state index is 0.0461. The van der Waals surface area contributed by atoms with Crippen molar-refractivity contribution in [2.45, 2.75) is 31.8 Å². The molecule has 0 radical (unpaired) electrons. The molecule has 2 aromatic heterocycles. The molecule has 1 saturated heterocycles. The summed E-state index contributed by atoms with van der Waals surface area (Å²) in [5.41, 5.74) is 1.85. The third kappa shape index (κ3) is 5.42. The fraction of sp³-hybridized carbons (Fsp3) is 0.579. The normalized spacial score (nSPS) is 16.0. The van der Waals surface area contributed by atoms with Crippen LogP contribution in [0.5, 0.6) is 0 Å². The molecule has 2 N–H and O–H groups in total. The molecule has 0 spiro atoms. The highest BCUT2D eigenvalue weighted by Crippen LogP contribution is 2.31. The van der Waals surface area contributed by atoms with E-state index in [9.17, 15) is 4.79 Å². The fourth-order valence-corrected chi connectivity index (χ4v) is 3.57. The second-order valence-electron chi connectivity index (χ2n) is 7.01. The van der Waals surface area contributed by atoms with Gasteiger partial charge in [-0.2, -0.15) is 5.10 Å². The van der Waals surface area contributed by atoms with Gasteiger partial charge in [-0.25, -0.2) is 4.98 Å². The number of hydrogen-bond donors (Lipinski definition) is 2. The molecule has 0 saturated carbocycles. The minimum atomic E-state index is -0.579. The SMILES string of the molecule is COCCNC(=O)C1(n2ccnc2)CCN(Cc2cnn(C)c2C)CC1.O=CO. The molecule has 1 aliphatic heterocycles. The fourth-order valence-electron chi connectivity index (χ4n) is 3.57. The molecule has 10 heteroatoms. The Morgan fingerprint density at radius 3 is 2.62 bits per heavy atom. The van der Waals surface area contributed by atoms with Crippen LogP contribution in [0.4, 0.5) is 0 Å². The maximum absolute atomic E-state index is 13.0. The maximum atomic E-state index is 13.0. The molecule has 2 aromatic rings. The number of nitrogens with one attached hydrogen (secondary N) is 1. The molecule has 0 unspecified atom stereocenters. The predicted octanol–water partition coefficient (Wildman–Crippen LogP) is 0.380. The molecule has 0 atom stereocenters. The van der Waals surface area contributed by atoms with E-state index in [1.54, 1.807) is 19.6 Å². The number of imidazole rings is 1. The first-order valence-corrected chi connectivity index (χ1v) is 9.52. The smallest absolute Gasteiger partial charge is 0.290 e. The number of carbonyl (C=O) groups excluding carboxylic acids is 1. The maximum Gasteiger partial charge on any atom is 0.290 e. The molecule has 160 valence electrons. The Hall–Kier alpha value is -2.72. The van der Waals surface area contributed by atoms with Crippen molar-refractivity contribution in [1.82, 2.24) is 29.5 Å². The van der Waals surface area contributed by atoms with E-state index in [0.29, 0.717) is 13.2 Å². The zero-order valence-corrected chi connectivity index (χ0v) is 17.2. The Morgan fingerprint density at radius 1 is 1.41 bits per heavy atom. The van der Waals surface area contributed by atoms with Gasteiger partial charge in [-0.3, -0.25) is 19.2 Å². The average molecular weight is 406 g/mol. The number of methoxy groups -OCH3 is 1. The highest BCUT2D eigenvalue weighted by molar-refractivity contribution is 5.84. The molecule has 29 heavy (non-hydrogen) atoms. The first kappa shape index (κ1) is 22.6. The van der Waals surface area contributed by atoms with E-state index in [-0.39, 0.29) is 12.4 Å². The lowest BCUT2D eigenvalue weighted by Gasteiger charge is -2.41. The van der Waals surface area contributed by atoms with Crippen molar-refractivity contribution < 1.29 is 19.4 Å². The molecule has 0 aliphatic carbocycles. The summed E-state index contributed by atoms with van der Waals surface area (Å²) in [7, 11) is 3.60. The summed E-state index contributed by atoms with van der Waals surface area (Å²) < 4.78 is 8.91. The van der Waals surface area contributed by atoms with Gasteiger partial charge in [0.05, 0.1) is 19.1 Å². The van der Waals surface area contributed by atoms with E-state index >= 15 is 0 Å². The van der Waals surface area contributed by atoms with Crippen molar-refractivity contribution in [1.29, 1.82) is 0 Å². The van der Waals surface area contributed by atoms with E-state index in [2.05, 4.69) is 27.2 Å². The first-order valence-electron chi connectivity index (χ1n) is 9.52. The number of rotatable bonds is 7. The molecule has 0 bridgehead atoms. The Bertz CT molecular complexity index is 766. The van der Waals surface area contributed by atoms with Gasteiger partial charge in [-0.1, -0.05) is 0 Å². The first-order chi connectivity index (χ1) is 14.0. The number of likely N-dealkylation sites (tertiary alicyclic amines) is 1. The number of ether oxygens (including phenoxy) is 1. The van der Waals surface area contributed by atoms with Gasteiger partial charge in [-0.05, 0) is 19.8 Å². The number of amides is 1. The molecule has 1 amide bonds. The predicted molar refractivity (Wildman–Crippen MR) is 106 cm³/mol. The summed E-state index contributed by atoms with van der Waals surface area (Å²) in [6, 6.07) is 0. The van der Waals surface area contributed by atoms with Gasteiger partial charge in [0.25, 0.3) is 6.47 Å². The quantitative estimate of drug-likeness (QED) is 0.505. The van der Waals surface area contributed by atoms with Crippen LogP contribution in [0.2, 0.25) is 0 Å². The van der Waals surface area contributed by atoms with Gasteiger partial charge in [0.2, 0.25) is 5.91 Å². The van der Waals surface area contributed by atoms with Crippen LogP contribution < -0.4 is 5.32 Å². The number of aryl methyl sites for hydroxylation is 1. The molecular weight excluding hydrogens is 376 g/mol.